The van der Waals surface area contributed by atoms with Crippen molar-refractivity contribution in [2.75, 3.05) is 52.8 Å². The molecule has 180 valence electrons. The van der Waals surface area contributed by atoms with Crippen LogP contribution in [0.1, 0.15) is 28.8 Å². The van der Waals surface area contributed by atoms with E-state index in [0.717, 1.165) is 61.9 Å². The van der Waals surface area contributed by atoms with Gasteiger partial charge in [0.05, 0.1) is 12.8 Å². The van der Waals surface area contributed by atoms with E-state index in [2.05, 4.69) is 38.7 Å². The first-order valence-electron chi connectivity index (χ1n) is 11.2. The molecule has 2 N–H and O–H groups in total. The zero-order valence-corrected chi connectivity index (χ0v) is 22.3. The highest BCUT2D eigenvalue weighted by molar-refractivity contribution is 14.0. The van der Waals surface area contributed by atoms with Crippen LogP contribution in [0, 0.1) is 0 Å². The van der Waals surface area contributed by atoms with Gasteiger partial charge >= 0.3 is 0 Å². The Kier molecular flexibility index (Phi) is 10.8. The molecule has 1 fully saturated rings. The lowest BCUT2D eigenvalue weighted by Crippen LogP contribution is -2.51. The highest BCUT2D eigenvalue weighted by Gasteiger charge is 2.22. The Labute approximate surface area is 214 Å². The summed E-state index contributed by atoms with van der Waals surface area (Å²) in [5, 5.41) is 6.98. The highest BCUT2D eigenvalue weighted by Crippen LogP contribution is 2.29. The van der Waals surface area contributed by atoms with Crippen LogP contribution in [0.2, 0.25) is 0 Å². The Bertz CT molecular complexity index is 935. The van der Waals surface area contributed by atoms with Crippen molar-refractivity contribution in [3.05, 3.63) is 59.7 Å². The van der Waals surface area contributed by atoms with Crippen molar-refractivity contribution in [3.63, 3.8) is 0 Å². The fourth-order valence-corrected chi connectivity index (χ4v) is 4.04. The minimum atomic E-state index is 0. The van der Waals surface area contributed by atoms with E-state index in [0.29, 0.717) is 11.6 Å². The predicted molar refractivity (Wildman–Crippen MR) is 146 cm³/mol. The molecule has 1 aliphatic rings. The van der Waals surface area contributed by atoms with Crippen molar-refractivity contribution in [1.82, 2.24) is 15.5 Å². The number of carbonyl (C=O) groups excluding carboxylic acids is 1. The van der Waals surface area contributed by atoms with Crippen molar-refractivity contribution >= 4 is 41.5 Å². The molecule has 0 radical (unpaired) electrons. The number of guanidine groups is 1. The van der Waals surface area contributed by atoms with E-state index in [9.17, 15) is 4.79 Å². The van der Waals surface area contributed by atoms with E-state index >= 15 is 0 Å². The van der Waals surface area contributed by atoms with Gasteiger partial charge in [0.25, 0.3) is 5.91 Å². The first-order chi connectivity index (χ1) is 15.5. The number of rotatable bonds is 7. The lowest BCUT2D eigenvalue weighted by Gasteiger charge is -2.36. The second kappa shape index (κ2) is 13.3. The number of hydrogen-bond donors (Lipinski definition) is 2. The molecule has 0 spiro atoms. The lowest BCUT2D eigenvalue weighted by molar-refractivity contribution is 0.0827. The molecule has 2 aromatic rings. The number of piperidine rings is 1. The summed E-state index contributed by atoms with van der Waals surface area (Å²) >= 11 is 0. The van der Waals surface area contributed by atoms with Crippen LogP contribution in [0.15, 0.2) is 53.5 Å². The Morgan fingerprint density at radius 3 is 2.73 bits per heavy atom. The zero-order valence-electron chi connectivity index (χ0n) is 20.0. The van der Waals surface area contributed by atoms with Crippen molar-refractivity contribution < 1.29 is 9.53 Å². The molecule has 2 aromatic carbocycles. The van der Waals surface area contributed by atoms with Crippen molar-refractivity contribution in [1.29, 1.82) is 0 Å². The lowest BCUT2D eigenvalue weighted by atomic mass is 10.0. The van der Waals surface area contributed by atoms with Crippen LogP contribution in [0.25, 0.3) is 0 Å². The van der Waals surface area contributed by atoms with Gasteiger partial charge in [-0.3, -0.25) is 9.79 Å². The number of para-hydroxylation sites is 2. The van der Waals surface area contributed by atoms with Crippen LogP contribution in [0.3, 0.4) is 0 Å². The zero-order chi connectivity index (χ0) is 22.9. The molecule has 0 saturated carbocycles. The number of benzene rings is 2. The van der Waals surface area contributed by atoms with Gasteiger partial charge in [0.15, 0.2) is 5.96 Å². The van der Waals surface area contributed by atoms with Crippen molar-refractivity contribution in [2.45, 2.75) is 25.3 Å². The normalized spacial score (nSPS) is 15.9. The molecule has 0 aromatic heterocycles. The molecule has 1 saturated heterocycles. The molecule has 7 nitrogen and oxygen atoms in total. The summed E-state index contributed by atoms with van der Waals surface area (Å²) in [5.74, 6) is 1.73. The maximum atomic E-state index is 12.2. The van der Waals surface area contributed by atoms with Crippen LogP contribution >= 0.6 is 24.0 Å². The quantitative estimate of drug-likeness (QED) is 0.306. The molecule has 1 heterocycles. The number of carbonyl (C=O) groups is 1. The van der Waals surface area contributed by atoms with Gasteiger partial charge in [-0.25, -0.2) is 0 Å². The number of aliphatic imine (C=N–C) groups is 1. The summed E-state index contributed by atoms with van der Waals surface area (Å²) in [4.78, 5) is 20.6. The van der Waals surface area contributed by atoms with E-state index in [1.165, 1.54) is 0 Å². The van der Waals surface area contributed by atoms with Gasteiger partial charge in [0.1, 0.15) is 5.75 Å². The van der Waals surface area contributed by atoms with Gasteiger partial charge in [-0.1, -0.05) is 24.3 Å². The maximum Gasteiger partial charge on any atom is 0.253 e. The minimum absolute atomic E-state index is 0. The molecule has 3 rings (SSSR count). The van der Waals surface area contributed by atoms with Crippen LogP contribution < -0.4 is 20.3 Å². The minimum Gasteiger partial charge on any atom is -0.495 e. The fourth-order valence-electron chi connectivity index (χ4n) is 4.04. The average Bonchev–Trinajstić information content (AvgIpc) is 2.83. The molecular formula is C25H36IN5O2. The third-order valence-electron chi connectivity index (χ3n) is 5.70. The number of ether oxygens (including phenoxy) is 1. The summed E-state index contributed by atoms with van der Waals surface area (Å²) in [5.41, 5.74) is 2.98. The number of anilines is 1. The molecule has 0 aliphatic carbocycles. The van der Waals surface area contributed by atoms with E-state index in [1.54, 1.807) is 33.2 Å². The molecule has 8 heteroatoms. The molecular weight excluding hydrogens is 529 g/mol. The van der Waals surface area contributed by atoms with Crippen LogP contribution in [-0.4, -0.2) is 70.7 Å². The third-order valence-corrected chi connectivity index (χ3v) is 5.70. The van der Waals surface area contributed by atoms with Crippen molar-refractivity contribution in [3.8, 4) is 5.75 Å². The number of hydrogen-bond acceptors (Lipinski definition) is 4. The number of nitrogens with one attached hydrogen (secondary N) is 2. The van der Waals surface area contributed by atoms with Crippen molar-refractivity contribution in [2.24, 2.45) is 4.99 Å². The molecule has 1 amide bonds. The summed E-state index contributed by atoms with van der Waals surface area (Å²) in [6.45, 7) is 2.66. The Hall–Kier alpha value is -2.49. The third kappa shape index (κ3) is 7.52. The van der Waals surface area contributed by atoms with Gasteiger partial charge in [0.2, 0.25) is 0 Å². The fraction of sp³-hybridized carbons (Fsp3) is 0.440. The maximum absolute atomic E-state index is 12.2. The topological polar surface area (TPSA) is 69.2 Å². The van der Waals surface area contributed by atoms with Gasteiger partial charge in [-0.2, -0.15) is 0 Å². The highest BCUT2D eigenvalue weighted by atomic mass is 127. The first kappa shape index (κ1) is 26.8. The first-order valence-corrected chi connectivity index (χ1v) is 11.2. The summed E-state index contributed by atoms with van der Waals surface area (Å²) < 4.78 is 5.55. The molecule has 33 heavy (non-hydrogen) atoms. The van der Waals surface area contributed by atoms with Gasteiger partial charge < -0.3 is 25.2 Å². The Balaban J connectivity index is 0.00000385. The van der Waals surface area contributed by atoms with Gasteiger partial charge in [0, 0.05) is 52.4 Å². The van der Waals surface area contributed by atoms with Gasteiger partial charge in [-0.15, -0.1) is 24.0 Å². The average molecular weight is 566 g/mol. The van der Waals surface area contributed by atoms with E-state index < -0.39 is 0 Å². The molecule has 1 atom stereocenters. The van der Waals surface area contributed by atoms with Crippen LogP contribution in [0.5, 0.6) is 5.75 Å². The summed E-state index contributed by atoms with van der Waals surface area (Å²) in [6, 6.07) is 16.3. The standard InChI is InChI=1S/C25H35N5O2.HI/c1-26-25(27-15-14-19-9-7-10-20(17-19)24(31)29(2)3)28-21-11-8-16-30(18-21)22-12-5-6-13-23(22)32-4;/h5-7,9-10,12-13,17,21H,8,11,14-16,18H2,1-4H3,(H2,26,27,28);1H. The number of amides is 1. The predicted octanol–water partition coefficient (Wildman–Crippen LogP) is 3.39. The van der Waals surface area contributed by atoms with E-state index in [1.807, 2.05) is 30.3 Å². The van der Waals surface area contributed by atoms with Crippen LogP contribution in [0.4, 0.5) is 5.69 Å². The second-order valence-electron chi connectivity index (χ2n) is 8.25. The van der Waals surface area contributed by atoms with Gasteiger partial charge in [-0.05, 0) is 49.1 Å². The largest absolute Gasteiger partial charge is 0.495 e. The summed E-state index contributed by atoms with van der Waals surface area (Å²) in [7, 11) is 7.06. The Morgan fingerprint density at radius 2 is 2.00 bits per heavy atom. The Morgan fingerprint density at radius 1 is 1.21 bits per heavy atom. The number of methoxy groups -OCH3 is 1. The monoisotopic (exact) mass is 565 g/mol. The molecule has 1 aliphatic heterocycles. The molecule has 0 bridgehead atoms. The SMILES string of the molecule is CN=C(NCCc1cccc(C(=O)N(C)C)c1)NC1CCCN(c2ccccc2OC)C1.I. The summed E-state index contributed by atoms with van der Waals surface area (Å²) in [6.07, 6.45) is 3.02. The van der Waals surface area contributed by atoms with E-state index in [-0.39, 0.29) is 29.9 Å². The second-order valence-corrected chi connectivity index (χ2v) is 8.25. The van der Waals surface area contributed by atoms with E-state index in [4.69, 9.17) is 4.74 Å². The molecule has 1 unspecified atom stereocenters. The van der Waals surface area contributed by atoms with Crippen LogP contribution in [-0.2, 0) is 6.42 Å². The smallest absolute Gasteiger partial charge is 0.253 e. The number of nitrogens with zero attached hydrogens (tertiary/aromatic N) is 3. The number of halogens is 1.